The lowest BCUT2D eigenvalue weighted by molar-refractivity contribution is -0.261. The van der Waals surface area contributed by atoms with Crippen LogP contribution in [0.25, 0.3) is 0 Å². The number of esters is 1. The number of Topliss-reactive ketones (excluding diaryl/α,β-unsaturated/α-hetero) is 1. The minimum Gasteiger partial charge on any atom is -0.462 e. The lowest BCUT2D eigenvalue weighted by atomic mass is 9.80. The molecule has 9 unspecified atom stereocenters. The minimum atomic E-state index is -1.80. The summed E-state index contributed by atoms with van der Waals surface area (Å²) in [7, 11) is 7.66. The van der Waals surface area contributed by atoms with Gasteiger partial charge in [0, 0.05) is 52.0 Å². The van der Waals surface area contributed by atoms with Gasteiger partial charge < -0.3 is 59.2 Å². The lowest BCUT2D eigenvalue weighted by Crippen LogP contribution is -2.51. The summed E-state index contributed by atoms with van der Waals surface area (Å²) in [6.45, 7) is 17.7. The van der Waals surface area contributed by atoms with Crippen molar-refractivity contribution in [2.45, 2.75) is 162 Å². The highest BCUT2D eigenvalue weighted by molar-refractivity contribution is 5.83. The van der Waals surface area contributed by atoms with Gasteiger partial charge in [-0.15, -0.1) is 0 Å². The molecule has 6 N–H and O–H groups in total. The first-order valence-electron chi connectivity index (χ1n) is 18.8. The third kappa shape index (κ3) is 17.0. The Morgan fingerprint density at radius 1 is 0.788 bits per heavy atom. The van der Waals surface area contributed by atoms with Gasteiger partial charge in [0.1, 0.15) is 18.0 Å². The van der Waals surface area contributed by atoms with Crippen molar-refractivity contribution in [3.8, 4) is 0 Å². The average molecular weight is 756 g/mol. The fraction of sp³-hybridized carbons (Fsp3) is 0.947. The van der Waals surface area contributed by atoms with E-state index in [-0.39, 0.29) is 29.8 Å². The maximum absolute atomic E-state index is 13.0. The molecule has 14 nitrogen and oxygen atoms in total. The van der Waals surface area contributed by atoms with E-state index in [1.165, 1.54) is 6.92 Å². The summed E-state index contributed by atoms with van der Waals surface area (Å²) in [6.07, 6.45) is -1.05. The zero-order valence-electron chi connectivity index (χ0n) is 34.8. The van der Waals surface area contributed by atoms with Crippen LogP contribution in [0.5, 0.6) is 0 Å². The average Bonchev–Trinajstić information content (AvgIpc) is 3.12. The van der Waals surface area contributed by atoms with E-state index in [0.29, 0.717) is 25.3 Å². The van der Waals surface area contributed by atoms with E-state index >= 15 is 0 Å². The Hall–Kier alpha value is -1.30. The number of aliphatic hydroxyl groups excluding tert-OH is 5. The van der Waals surface area contributed by atoms with Gasteiger partial charge in [-0.1, -0.05) is 41.5 Å². The van der Waals surface area contributed by atoms with Crippen LogP contribution in [0.2, 0.25) is 0 Å². The van der Waals surface area contributed by atoms with Crippen molar-refractivity contribution in [3.05, 3.63) is 0 Å². The molecule has 0 amide bonds. The van der Waals surface area contributed by atoms with Crippen LogP contribution in [0.15, 0.2) is 0 Å². The summed E-state index contributed by atoms with van der Waals surface area (Å²) < 4.78 is 28.5. The Kier molecular flexibility index (Phi) is 26.9. The molecule has 0 aromatic heterocycles. The predicted molar refractivity (Wildman–Crippen MR) is 199 cm³/mol. The molecule has 312 valence electrons. The molecule has 0 aromatic rings. The van der Waals surface area contributed by atoms with Gasteiger partial charge in [0.05, 0.1) is 42.5 Å². The van der Waals surface area contributed by atoms with Crippen LogP contribution in [0.3, 0.4) is 0 Å². The quantitative estimate of drug-likeness (QED) is 0.229. The predicted octanol–water partition coefficient (Wildman–Crippen LogP) is 2.76. The number of aliphatic hydroxyl groups is 6. The van der Waals surface area contributed by atoms with Crippen LogP contribution in [-0.4, -0.2) is 150 Å². The molecule has 52 heavy (non-hydrogen) atoms. The summed E-state index contributed by atoms with van der Waals surface area (Å²) in [4.78, 5) is 28.2. The van der Waals surface area contributed by atoms with Crippen molar-refractivity contribution < 1.29 is 63.9 Å². The highest BCUT2D eigenvalue weighted by Crippen LogP contribution is 2.33. The molecule has 3 aliphatic rings. The summed E-state index contributed by atoms with van der Waals surface area (Å²) >= 11 is 0. The van der Waals surface area contributed by atoms with E-state index in [4.69, 9.17) is 33.9 Å². The van der Waals surface area contributed by atoms with Crippen molar-refractivity contribution in [3.63, 3.8) is 0 Å². The topological polar surface area (TPSA) is 205 Å². The fourth-order valence-electron chi connectivity index (χ4n) is 6.86. The van der Waals surface area contributed by atoms with Crippen LogP contribution in [0.1, 0.15) is 101 Å². The van der Waals surface area contributed by atoms with E-state index in [2.05, 4.69) is 4.90 Å². The van der Waals surface area contributed by atoms with Gasteiger partial charge in [-0.3, -0.25) is 9.59 Å². The molecule has 3 fully saturated rings. The number of carbonyl (C=O) groups excluding carboxylic acids is 2. The third-order valence-electron chi connectivity index (χ3n) is 10.1. The van der Waals surface area contributed by atoms with Crippen LogP contribution < -0.4 is 0 Å². The molecule has 3 heterocycles. The van der Waals surface area contributed by atoms with Crippen molar-refractivity contribution in [1.29, 1.82) is 0 Å². The van der Waals surface area contributed by atoms with E-state index in [1.807, 2.05) is 48.7 Å². The number of nitrogens with zero attached hydrogens (tertiary/aromatic N) is 1. The first kappa shape index (κ1) is 52.8. The summed E-state index contributed by atoms with van der Waals surface area (Å²) in [6, 6.07) is 0.466. The Labute approximate surface area is 314 Å². The van der Waals surface area contributed by atoms with Gasteiger partial charge in [-0.25, -0.2) is 0 Å². The fourth-order valence-corrected chi connectivity index (χ4v) is 6.86. The number of cyclic esters (lactones) is 1. The number of rotatable bonds is 4. The molecule has 0 bridgehead atoms. The molecule has 0 aliphatic carbocycles. The molecule has 14 heteroatoms. The SMILES string of the molecule is CC.CC1CC(N(C)C)CC(O)O1.CO.CO.COC1C[C@@H](C)C(=O)C(C)C(O)[C@](C)(O)COC(=O)C(C)[C@@H](O[C@H]2CC(C)[C@@H](O)C(C)O2)[C@H](C)C1. The Balaban J connectivity index is 0. The molecule has 0 aromatic carbocycles. The first-order chi connectivity index (χ1) is 24.3. The van der Waals surface area contributed by atoms with Crippen LogP contribution in [0.4, 0.5) is 0 Å². The van der Waals surface area contributed by atoms with E-state index in [1.54, 1.807) is 34.8 Å². The van der Waals surface area contributed by atoms with Crippen molar-refractivity contribution in [2.75, 3.05) is 42.0 Å². The molecule has 3 saturated heterocycles. The lowest BCUT2D eigenvalue weighted by Gasteiger charge is -2.40. The molecule has 3 rings (SSSR count). The molecule has 0 spiro atoms. The molecular weight excluding hydrogens is 678 g/mol. The zero-order valence-corrected chi connectivity index (χ0v) is 34.8. The number of ketones is 1. The van der Waals surface area contributed by atoms with Gasteiger partial charge in [0.15, 0.2) is 12.6 Å². The van der Waals surface area contributed by atoms with Gasteiger partial charge in [0.25, 0.3) is 0 Å². The standard InChI is InChI=1S/C26H46O9.C8H17NO2.C2H6.2CH4O/c1-13-9-19(32-8)10-15(3)23(35-20-11-14(2)22(28)18(6)34-20)17(5)25(30)33-12-26(7,31)24(29)16(4)21(13)27;1-6-4-7(9(2)3)5-8(10)11-6;3*1-2/h13-20,22-24,28-29,31H,9-12H2,1-8H3;6-8,10H,4-5H2,1-3H3;1-2H3;2*2H,1H3/t13-,14?,15-,16?,17?,18?,19?,20+,22-,23+,24?,26-;;;;/m1..../s1. The van der Waals surface area contributed by atoms with E-state index in [0.717, 1.165) is 27.1 Å². The molecule has 0 saturated carbocycles. The Morgan fingerprint density at radius 3 is 1.83 bits per heavy atom. The normalized spacial score (nSPS) is 40.4. The second kappa shape index (κ2) is 26.5. The molecule has 3 aliphatic heterocycles. The van der Waals surface area contributed by atoms with Gasteiger partial charge in [-0.2, -0.15) is 0 Å². The maximum Gasteiger partial charge on any atom is 0.311 e. The number of methoxy groups -OCH3 is 1. The highest BCUT2D eigenvalue weighted by atomic mass is 16.7. The van der Waals surface area contributed by atoms with Crippen LogP contribution >= 0.6 is 0 Å². The zero-order chi connectivity index (χ0) is 41.1. The Bertz CT molecular complexity index is 932. The van der Waals surface area contributed by atoms with E-state index < -0.39 is 72.9 Å². The number of hydrogen-bond donors (Lipinski definition) is 6. The van der Waals surface area contributed by atoms with Crippen LogP contribution in [0, 0.1) is 29.6 Å². The van der Waals surface area contributed by atoms with Gasteiger partial charge in [-0.05, 0) is 72.9 Å². The number of carbonyl (C=O) groups is 2. The van der Waals surface area contributed by atoms with Crippen molar-refractivity contribution in [2.24, 2.45) is 29.6 Å². The van der Waals surface area contributed by atoms with Crippen molar-refractivity contribution in [1.82, 2.24) is 4.90 Å². The first-order valence-corrected chi connectivity index (χ1v) is 18.8. The highest BCUT2D eigenvalue weighted by Gasteiger charge is 2.43. The number of ether oxygens (including phenoxy) is 5. The monoisotopic (exact) mass is 756 g/mol. The summed E-state index contributed by atoms with van der Waals surface area (Å²) in [5.41, 5.74) is -1.80. The number of hydrogen-bond acceptors (Lipinski definition) is 14. The maximum atomic E-state index is 13.0. The Morgan fingerprint density at radius 2 is 1.35 bits per heavy atom. The minimum absolute atomic E-state index is 0.0306. The van der Waals surface area contributed by atoms with Crippen LogP contribution in [-0.2, 0) is 33.3 Å². The molecule has 15 atom stereocenters. The smallest absolute Gasteiger partial charge is 0.311 e. The summed E-state index contributed by atoms with van der Waals surface area (Å²) in [5.74, 6) is -2.89. The van der Waals surface area contributed by atoms with E-state index in [9.17, 15) is 30.0 Å². The second-order valence-electron chi connectivity index (χ2n) is 14.7. The van der Waals surface area contributed by atoms with Gasteiger partial charge in [0.2, 0.25) is 0 Å². The molecular formula is C38H77NO13. The summed E-state index contributed by atoms with van der Waals surface area (Å²) in [5, 5.41) is 55.0. The van der Waals surface area contributed by atoms with Crippen molar-refractivity contribution >= 4 is 11.8 Å². The largest absolute Gasteiger partial charge is 0.462 e. The molecule has 0 radical (unpaired) electrons. The van der Waals surface area contributed by atoms with Gasteiger partial charge >= 0.3 is 5.97 Å². The third-order valence-corrected chi connectivity index (χ3v) is 10.1. The second-order valence-corrected chi connectivity index (χ2v) is 14.7.